The van der Waals surface area contributed by atoms with E-state index in [0.717, 1.165) is 30.7 Å². The van der Waals surface area contributed by atoms with Gasteiger partial charge in [-0.15, -0.1) is 0 Å². The Labute approximate surface area is 113 Å². The van der Waals surface area contributed by atoms with Crippen molar-refractivity contribution in [2.75, 3.05) is 11.9 Å². The van der Waals surface area contributed by atoms with Crippen LogP contribution in [0.15, 0.2) is 6.07 Å². The molecular formula is C14H20N2O3. The molecule has 0 atom stereocenters. The van der Waals surface area contributed by atoms with Gasteiger partial charge in [0.2, 0.25) is 0 Å². The van der Waals surface area contributed by atoms with Crippen LogP contribution < -0.4 is 5.32 Å². The summed E-state index contributed by atoms with van der Waals surface area (Å²) in [5.41, 5.74) is 1.83. The number of carboxylic acid groups (broad SMARTS) is 1. The van der Waals surface area contributed by atoms with Crippen LogP contribution in [0.1, 0.15) is 41.4 Å². The summed E-state index contributed by atoms with van der Waals surface area (Å²) in [6.45, 7) is 6.37. The Bertz CT molecular complexity index is 482. The molecule has 0 aromatic carbocycles. The molecule has 2 N–H and O–H groups in total. The van der Waals surface area contributed by atoms with Gasteiger partial charge in [-0.05, 0) is 45.2 Å². The Morgan fingerprint density at radius 1 is 1.53 bits per heavy atom. The van der Waals surface area contributed by atoms with Crippen LogP contribution in [0.5, 0.6) is 0 Å². The fourth-order valence-electron chi connectivity index (χ4n) is 2.46. The molecule has 0 spiro atoms. The van der Waals surface area contributed by atoms with Crippen LogP contribution in [0.4, 0.5) is 5.82 Å². The van der Waals surface area contributed by atoms with Crippen LogP contribution in [0.25, 0.3) is 0 Å². The number of carbonyl (C=O) groups is 1. The maximum absolute atomic E-state index is 11.3. The normalized spacial score (nSPS) is 21.8. The smallest absolute Gasteiger partial charge is 0.339 e. The van der Waals surface area contributed by atoms with E-state index in [1.54, 1.807) is 13.0 Å². The van der Waals surface area contributed by atoms with Gasteiger partial charge in [-0.2, -0.15) is 0 Å². The molecular weight excluding hydrogens is 244 g/mol. The van der Waals surface area contributed by atoms with Crippen LogP contribution in [0, 0.1) is 13.8 Å². The van der Waals surface area contributed by atoms with E-state index < -0.39 is 5.97 Å². The molecule has 0 aliphatic heterocycles. The van der Waals surface area contributed by atoms with E-state index in [1.807, 2.05) is 13.8 Å². The highest BCUT2D eigenvalue weighted by Gasteiger charge is 2.31. The van der Waals surface area contributed by atoms with E-state index >= 15 is 0 Å². The van der Waals surface area contributed by atoms with Gasteiger partial charge in [-0.3, -0.25) is 0 Å². The van der Waals surface area contributed by atoms with Crippen molar-refractivity contribution >= 4 is 11.8 Å². The van der Waals surface area contributed by atoms with Gasteiger partial charge in [0, 0.05) is 18.3 Å². The van der Waals surface area contributed by atoms with Gasteiger partial charge < -0.3 is 15.2 Å². The number of aromatic nitrogens is 1. The minimum absolute atomic E-state index is 0.253. The van der Waals surface area contributed by atoms with Crippen LogP contribution in [-0.2, 0) is 4.74 Å². The lowest BCUT2D eigenvalue weighted by Gasteiger charge is -2.36. The zero-order chi connectivity index (χ0) is 14.0. The number of anilines is 1. The third kappa shape index (κ3) is 3.04. The summed E-state index contributed by atoms with van der Waals surface area (Å²) in [7, 11) is 0. The van der Waals surface area contributed by atoms with Crippen molar-refractivity contribution in [3.63, 3.8) is 0 Å². The molecule has 5 nitrogen and oxygen atoms in total. The third-order valence-electron chi connectivity index (χ3n) is 3.40. The van der Waals surface area contributed by atoms with Gasteiger partial charge >= 0.3 is 5.97 Å². The Balaban J connectivity index is 2.10. The number of nitrogens with one attached hydrogen (secondary N) is 1. The summed E-state index contributed by atoms with van der Waals surface area (Å²) in [6, 6.07) is 2.04. The summed E-state index contributed by atoms with van der Waals surface area (Å²) in [5, 5.41) is 12.5. The monoisotopic (exact) mass is 264 g/mol. The van der Waals surface area contributed by atoms with Crippen LogP contribution in [0.2, 0.25) is 0 Å². The second-order valence-corrected chi connectivity index (χ2v) is 5.00. The van der Waals surface area contributed by atoms with Crippen molar-refractivity contribution < 1.29 is 14.6 Å². The minimum Gasteiger partial charge on any atom is -0.478 e. The standard InChI is InChI=1S/C14H20N2O3/c1-4-19-11-6-10(7-11)16-13-12(14(17)18)8(2)5-9(3)15-13/h5,10-11H,4,6-7H2,1-3H3,(H,15,16)(H,17,18). The summed E-state index contributed by atoms with van der Waals surface area (Å²) >= 11 is 0. The predicted molar refractivity (Wildman–Crippen MR) is 72.7 cm³/mol. The largest absolute Gasteiger partial charge is 0.478 e. The Hall–Kier alpha value is -1.62. The number of nitrogens with zero attached hydrogens (tertiary/aromatic N) is 1. The Kier molecular flexibility index (Phi) is 4.04. The molecule has 0 bridgehead atoms. The molecule has 1 aromatic heterocycles. The van der Waals surface area contributed by atoms with Crippen molar-refractivity contribution in [3.05, 3.63) is 22.9 Å². The summed E-state index contributed by atoms with van der Waals surface area (Å²) < 4.78 is 5.49. The van der Waals surface area contributed by atoms with Crippen LogP contribution in [-0.4, -0.2) is 34.8 Å². The average Bonchev–Trinajstić information content (AvgIpc) is 2.24. The highest BCUT2D eigenvalue weighted by Crippen LogP contribution is 2.28. The number of hydrogen-bond donors (Lipinski definition) is 2. The molecule has 0 saturated heterocycles. The molecule has 2 rings (SSSR count). The number of aryl methyl sites for hydroxylation is 2. The Morgan fingerprint density at radius 3 is 2.79 bits per heavy atom. The highest BCUT2D eigenvalue weighted by molar-refractivity contribution is 5.94. The zero-order valence-electron chi connectivity index (χ0n) is 11.6. The van der Waals surface area contributed by atoms with Gasteiger partial charge in [0.25, 0.3) is 0 Å². The second kappa shape index (κ2) is 5.57. The number of carboxylic acids is 1. The number of ether oxygens (including phenoxy) is 1. The molecule has 1 aliphatic rings. The van der Waals surface area contributed by atoms with Crippen molar-refractivity contribution in [1.29, 1.82) is 0 Å². The average molecular weight is 264 g/mol. The van der Waals surface area contributed by atoms with Gasteiger partial charge in [-0.25, -0.2) is 9.78 Å². The van der Waals surface area contributed by atoms with Gasteiger partial charge in [0.1, 0.15) is 11.4 Å². The van der Waals surface area contributed by atoms with Gasteiger partial charge in [-0.1, -0.05) is 0 Å². The van der Waals surface area contributed by atoms with Crippen molar-refractivity contribution in [3.8, 4) is 0 Å². The number of aromatic carboxylic acids is 1. The first-order valence-corrected chi connectivity index (χ1v) is 6.61. The van der Waals surface area contributed by atoms with Gasteiger partial charge in [0.05, 0.1) is 6.10 Å². The minimum atomic E-state index is -0.937. The second-order valence-electron chi connectivity index (χ2n) is 5.00. The molecule has 1 saturated carbocycles. The summed E-state index contributed by atoms with van der Waals surface area (Å²) in [4.78, 5) is 15.6. The summed E-state index contributed by atoms with van der Waals surface area (Å²) in [5.74, 6) is -0.460. The Morgan fingerprint density at radius 2 is 2.21 bits per heavy atom. The molecule has 1 aromatic rings. The first-order valence-electron chi connectivity index (χ1n) is 6.61. The van der Waals surface area contributed by atoms with Crippen molar-refractivity contribution in [2.24, 2.45) is 0 Å². The highest BCUT2D eigenvalue weighted by atomic mass is 16.5. The lowest BCUT2D eigenvalue weighted by atomic mass is 9.89. The molecule has 5 heteroatoms. The molecule has 0 radical (unpaired) electrons. The zero-order valence-corrected chi connectivity index (χ0v) is 11.6. The maximum Gasteiger partial charge on any atom is 0.339 e. The lowest BCUT2D eigenvalue weighted by Crippen LogP contribution is -2.41. The number of rotatable bonds is 5. The van der Waals surface area contributed by atoms with E-state index in [9.17, 15) is 9.90 Å². The van der Waals surface area contributed by atoms with Crippen molar-refractivity contribution in [2.45, 2.75) is 45.8 Å². The first kappa shape index (κ1) is 13.8. The molecule has 104 valence electrons. The fraction of sp³-hybridized carbons (Fsp3) is 0.571. The van der Waals surface area contributed by atoms with E-state index in [2.05, 4.69) is 10.3 Å². The molecule has 0 amide bonds. The van der Waals surface area contributed by atoms with Crippen molar-refractivity contribution in [1.82, 2.24) is 4.98 Å². The third-order valence-corrected chi connectivity index (χ3v) is 3.40. The van der Waals surface area contributed by atoms with E-state index in [-0.39, 0.29) is 11.6 Å². The molecule has 0 unspecified atom stereocenters. The maximum atomic E-state index is 11.3. The van der Waals surface area contributed by atoms with Crippen LogP contribution >= 0.6 is 0 Å². The van der Waals surface area contributed by atoms with E-state index in [4.69, 9.17) is 4.74 Å². The first-order chi connectivity index (χ1) is 9.01. The molecule has 1 heterocycles. The predicted octanol–water partition coefficient (Wildman–Crippen LogP) is 2.38. The molecule has 1 aliphatic carbocycles. The number of hydrogen-bond acceptors (Lipinski definition) is 4. The van der Waals surface area contributed by atoms with E-state index in [1.165, 1.54) is 0 Å². The number of pyridine rings is 1. The van der Waals surface area contributed by atoms with E-state index in [0.29, 0.717) is 11.9 Å². The SMILES string of the molecule is CCOC1CC(Nc2nc(C)cc(C)c2C(=O)O)C1. The molecule has 19 heavy (non-hydrogen) atoms. The topological polar surface area (TPSA) is 71.5 Å². The lowest BCUT2D eigenvalue weighted by molar-refractivity contribution is 0.00291. The summed E-state index contributed by atoms with van der Waals surface area (Å²) in [6.07, 6.45) is 2.10. The molecule has 1 fully saturated rings. The van der Waals surface area contributed by atoms with Gasteiger partial charge in [0.15, 0.2) is 0 Å². The van der Waals surface area contributed by atoms with Crippen LogP contribution in [0.3, 0.4) is 0 Å². The fourth-order valence-corrected chi connectivity index (χ4v) is 2.46. The quantitative estimate of drug-likeness (QED) is 0.854.